The third-order valence-electron chi connectivity index (χ3n) is 4.60. The lowest BCUT2D eigenvalue weighted by molar-refractivity contribution is -0.135. The van der Waals surface area contributed by atoms with Crippen LogP contribution in [0.4, 0.5) is 5.82 Å². The van der Waals surface area contributed by atoms with Crippen LogP contribution in [0.25, 0.3) is 0 Å². The predicted octanol–water partition coefficient (Wildman–Crippen LogP) is 1.94. The Labute approximate surface area is 130 Å². The molecule has 0 bridgehead atoms. The number of rotatable bonds is 3. The monoisotopic (exact) mass is 299 g/mol. The maximum atomic E-state index is 12.5. The molecule has 1 atom stereocenters. The zero-order valence-electron chi connectivity index (χ0n) is 12.7. The zero-order valence-corrected chi connectivity index (χ0v) is 12.7. The quantitative estimate of drug-likeness (QED) is 0.922. The molecule has 0 radical (unpaired) electrons. The molecule has 1 aliphatic carbocycles. The van der Waals surface area contributed by atoms with Gasteiger partial charge >= 0.3 is 0 Å². The molecule has 2 heterocycles. The highest BCUT2D eigenvalue weighted by Gasteiger charge is 2.31. The van der Waals surface area contributed by atoms with Crippen LogP contribution in [0.5, 0.6) is 0 Å². The van der Waals surface area contributed by atoms with Crippen molar-refractivity contribution in [1.29, 1.82) is 5.26 Å². The first-order chi connectivity index (χ1) is 10.8. The van der Waals surface area contributed by atoms with Crippen LogP contribution in [0.15, 0.2) is 12.4 Å². The molecule has 0 spiro atoms. The molecule has 116 valence electrons. The van der Waals surface area contributed by atoms with Crippen molar-refractivity contribution in [2.45, 2.75) is 44.6 Å². The molecule has 0 unspecified atom stereocenters. The number of anilines is 1. The van der Waals surface area contributed by atoms with E-state index in [1.807, 2.05) is 11.0 Å². The third-order valence-corrected chi connectivity index (χ3v) is 4.60. The fourth-order valence-corrected chi connectivity index (χ4v) is 3.40. The van der Waals surface area contributed by atoms with E-state index in [9.17, 15) is 4.79 Å². The molecule has 1 saturated heterocycles. The number of nitriles is 1. The van der Waals surface area contributed by atoms with E-state index >= 15 is 0 Å². The number of carbonyl (C=O) groups is 1. The Bertz CT molecular complexity index is 576. The van der Waals surface area contributed by atoms with Crippen LogP contribution in [0.3, 0.4) is 0 Å². The van der Waals surface area contributed by atoms with E-state index in [1.54, 1.807) is 6.20 Å². The van der Waals surface area contributed by atoms with E-state index < -0.39 is 0 Å². The van der Waals surface area contributed by atoms with Gasteiger partial charge < -0.3 is 10.2 Å². The first kappa shape index (κ1) is 14.8. The summed E-state index contributed by atoms with van der Waals surface area (Å²) < 4.78 is 0. The number of hydrogen-bond acceptors (Lipinski definition) is 5. The van der Waals surface area contributed by atoms with Gasteiger partial charge in [-0.25, -0.2) is 9.97 Å². The molecule has 1 aliphatic heterocycles. The fraction of sp³-hybridized carbons (Fsp3) is 0.625. The molecular formula is C16H21N5O. The smallest absolute Gasteiger partial charge is 0.225 e. The summed E-state index contributed by atoms with van der Waals surface area (Å²) in [4.78, 5) is 22.7. The van der Waals surface area contributed by atoms with Gasteiger partial charge in [-0.2, -0.15) is 5.26 Å². The highest BCUT2D eigenvalue weighted by molar-refractivity contribution is 5.79. The molecule has 0 aromatic carbocycles. The first-order valence-electron chi connectivity index (χ1n) is 8.04. The summed E-state index contributed by atoms with van der Waals surface area (Å²) in [6.07, 6.45) is 9.66. The first-order valence-corrected chi connectivity index (χ1v) is 8.04. The summed E-state index contributed by atoms with van der Waals surface area (Å²) in [5.41, 5.74) is 0.305. The van der Waals surface area contributed by atoms with Crippen molar-refractivity contribution >= 4 is 11.7 Å². The number of hydrogen-bond donors (Lipinski definition) is 1. The number of nitrogens with zero attached hydrogens (tertiary/aromatic N) is 4. The third kappa shape index (κ3) is 3.19. The van der Waals surface area contributed by atoms with Gasteiger partial charge in [0.15, 0.2) is 11.5 Å². The molecule has 1 N–H and O–H groups in total. The van der Waals surface area contributed by atoms with Gasteiger partial charge in [-0.3, -0.25) is 4.79 Å². The summed E-state index contributed by atoms with van der Waals surface area (Å²) in [5, 5.41) is 12.3. The van der Waals surface area contributed by atoms with E-state index in [-0.39, 0.29) is 12.0 Å². The fourth-order valence-electron chi connectivity index (χ4n) is 3.40. The number of nitrogens with one attached hydrogen (secondary N) is 1. The van der Waals surface area contributed by atoms with Crippen molar-refractivity contribution < 1.29 is 4.79 Å². The average Bonchev–Trinajstić information content (AvgIpc) is 3.04. The normalized spacial score (nSPS) is 22.3. The van der Waals surface area contributed by atoms with Gasteiger partial charge in [0.1, 0.15) is 6.07 Å². The van der Waals surface area contributed by atoms with Crippen molar-refractivity contribution in [3.8, 4) is 6.07 Å². The molecule has 1 amide bonds. The zero-order chi connectivity index (χ0) is 15.4. The minimum Gasteiger partial charge on any atom is -0.363 e. The van der Waals surface area contributed by atoms with Gasteiger partial charge in [0.05, 0.1) is 0 Å². The van der Waals surface area contributed by atoms with Crippen molar-refractivity contribution in [1.82, 2.24) is 14.9 Å². The molecule has 6 nitrogen and oxygen atoms in total. The standard InChI is InChI=1S/C16H21N5O/c17-10-14-15(19-8-7-18-14)20-13-6-9-21(11-13)16(22)12-4-2-1-3-5-12/h7-8,12-13H,1-6,9,11H2,(H,19,20)/t13-/m0/s1. The summed E-state index contributed by atoms with van der Waals surface area (Å²) >= 11 is 0. The van der Waals surface area contributed by atoms with E-state index in [0.717, 1.165) is 25.8 Å². The molecule has 1 aromatic heterocycles. The van der Waals surface area contributed by atoms with Gasteiger partial charge in [-0.15, -0.1) is 0 Å². The minimum atomic E-state index is 0.149. The lowest BCUT2D eigenvalue weighted by Crippen LogP contribution is -2.37. The molecule has 6 heteroatoms. The van der Waals surface area contributed by atoms with E-state index in [2.05, 4.69) is 15.3 Å². The van der Waals surface area contributed by atoms with Gasteiger partial charge in [-0.1, -0.05) is 19.3 Å². The average molecular weight is 299 g/mol. The molecule has 1 aromatic rings. The second kappa shape index (κ2) is 6.73. The van der Waals surface area contributed by atoms with Gasteiger partial charge in [0.25, 0.3) is 0 Å². The molecular weight excluding hydrogens is 278 g/mol. The Hall–Kier alpha value is -2.16. The molecule has 22 heavy (non-hydrogen) atoms. The Balaban J connectivity index is 1.58. The number of aromatic nitrogens is 2. The van der Waals surface area contributed by atoms with E-state index in [4.69, 9.17) is 5.26 Å². The molecule has 2 aliphatic rings. The summed E-state index contributed by atoms with van der Waals surface area (Å²) in [7, 11) is 0. The summed E-state index contributed by atoms with van der Waals surface area (Å²) in [6, 6.07) is 2.19. The van der Waals surface area contributed by atoms with Crippen LogP contribution in [0, 0.1) is 17.2 Å². The topological polar surface area (TPSA) is 81.9 Å². The molecule has 3 rings (SSSR count). The Morgan fingerprint density at radius 2 is 2.00 bits per heavy atom. The van der Waals surface area contributed by atoms with Crippen LogP contribution in [0.1, 0.15) is 44.2 Å². The summed E-state index contributed by atoms with van der Waals surface area (Å²) in [6.45, 7) is 1.48. The van der Waals surface area contributed by atoms with Crippen molar-refractivity contribution in [2.24, 2.45) is 5.92 Å². The summed E-state index contributed by atoms with van der Waals surface area (Å²) in [5.74, 6) is 1.05. The maximum Gasteiger partial charge on any atom is 0.225 e. The molecule has 1 saturated carbocycles. The van der Waals surface area contributed by atoms with Gasteiger partial charge in [0.2, 0.25) is 5.91 Å². The predicted molar refractivity (Wildman–Crippen MR) is 81.9 cm³/mol. The van der Waals surface area contributed by atoms with Crippen LogP contribution >= 0.6 is 0 Å². The number of carbonyl (C=O) groups excluding carboxylic acids is 1. The SMILES string of the molecule is N#Cc1nccnc1N[C@H]1CCN(C(=O)C2CCCCC2)C1. The second-order valence-corrected chi connectivity index (χ2v) is 6.11. The number of amides is 1. The van der Waals surface area contributed by atoms with Gasteiger partial charge in [0, 0.05) is 37.4 Å². The minimum absolute atomic E-state index is 0.149. The highest BCUT2D eigenvalue weighted by Crippen LogP contribution is 2.27. The van der Waals surface area contributed by atoms with Crippen LogP contribution in [-0.4, -0.2) is 39.9 Å². The van der Waals surface area contributed by atoms with Crippen molar-refractivity contribution in [3.05, 3.63) is 18.1 Å². The second-order valence-electron chi connectivity index (χ2n) is 6.11. The lowest BCUT2D eigenvalue weighted by atomic mass is 9.88. The molecule has 2 fully saturated rings. The van der Waals surface area contributed by atoms with E-state index in [1.165, 1.54) is 25.5 Å². The van der Waals surface area contributed by atoms with Crippen molar-refractivity contribution in [2.75, 3.05) is 18.4 Å². The van der Waals surface area contributed by atoms with Crippen molar-refractivity contribution in [3.63, 3.8) is 0 Å². The van der Waals surface area contributed by atoms with E-state index in [0.29, 0.717) is 24.0 Å². The Morgan fingerprint density at radius 3 is 2.77 bits per heavy atom. The number of likely N-dealkylation sites (tertiary alicyclic amines) is 1. The van der Waals surface area contributed by atoms with Crippen LogP contribution < -0.4 is 5.32 Å². The van der Waals surface area contributed by atoms with Gasteiger partial charge in [-0.05, 0) is 19.3 Å². The lowest BCUT2D eigenvalue weighted by Gasteiger charge is -2.26. The largest absolute Gasteiger partial charge is 0.363 e. The Morgan fingerprint density at radius 1 is 1.23 bits per heavy atom. The maximum absolute atomic E-state index is 12.5. The van der Waals surface area contributed by atoms with Crippen LogP contribution in [-0.2, 0) is 4.79 Å². The Kier molecular flexibility index (Phi) is 4.52. The highest BCUT2D eigenvalue weighted by atomic mass is 16.2. The van der Waals surface area contributed by atoms with Crippen LogP contribution in [0.2, 0.25) is 0 Å².